The molecule has 1 heterocycles. The lowest BCUT2D eigenvalue weighted by Gasteiger charge is -2.08. The van der Waals surface area contributed by atoms with E-state index in [0.717, 1.165) is 12.1 Å². The first-order valence-electron chi connectivity index (χ1n) is 6.89. The Morgan fingerprint density at radius 3 is 2.90 bits per heavy atom. The summed E-state index contributed by atoms with van der Waals surface area (Å²) in [5.41, 5.74) is 7.76. The first kappa shape index (κ1) is 14.9. The zero-order chi connectivity index (χ0) is 15.2. The van der Waals surface area contributed by atoms with Crippen LogP contribution >= 0.6 is 0 Å². The van der Waals surface area contributed by atoms with Crippen molar-refractivity contribution >= 4 is 11.6 Å². The number of amides is 1. The molecule has 0 aliphatic carbocycles. The average Bonchev–Trinajstić information content (AvgIpc) is 2.85. The molecule has 0 saturated heterocycles. The van der Waals surface area contributed by atoms with Crippen LogP contribution in [0.1, 0.15) is 23.1 Å². The lowest BCUT2D eigenvalue weighted by molar-refractivity contribution is 0.0937. The Labute approximate surface area is 123 Å². The van der Waals surface area contributed by atoms with Gasteiger partial charge in [-0.2, -0.15) is 5.10 Å². The van der Waals surface area contributed by atoms with Crippen molar-refractivity contribution in [3.8, 4) is 5.75 Å². The van der Waals surface area contributed by atoms with E-state index in [1.807, 2.05) is 19.1 Å². The second-order valence-electron chi connectivity index (χ2n) is 4.67. The van der Waals surface area contributed by atoms with E-state index in [2.05, 4.69) is 10.4 Å². The van der Waals surface area contributed by atoms with E-state index in [4.69, 9.17) is 10.5 Å². The molecule has 0 saturated carbocycles. The topological polar surface area (TPSA) is 82.2 Å². The molecule has 2 aromatic rings. The Kier molecular flexibility index (Phi) is 4.81. The van der Waals surface area contributed by atoms with Gasteiger partial charge in [0.05, 0.1) is 12.2 Å². The van der Waals surface area contributed by atoms with Crippen LogP contribution in [0.2, 0.25) is 0 Å². The number of ether oxygens (including phenoxy) is 1. The van der Waals surface area contributed by atoms with Gasteiger partial charge < -0.3 is 15.8 Å². The molecule has 6 heteroatoms. The van der Waals surface area contributed by atoms with E-state index >= 15 is 0 Å². The summed E-state index contributed by atoms with van der Waals surface area (Å²) in [4.78, 5) is 12.0. The third-order valence-electron chi connectivity index (χ3n) is 3.04. The van der Waals surface area contributed by atoms with Crippen molar-refractivity contribution in [2.75, 3.05) is 18.9 Å². The number of hydrogen-bond acceptors (Lipinski definition) is 4. The minimum atomic E-state index is -0.152. The Hall–Kier alpha value is -2.50. The molecule has 0 unspecified atom stereocenters. The second-order valence-corrected chi connectivity index (χ2v) is 4.67. The fourth-order valence-electron chi connectivity index (χ4n) is 1.94. The number of hydrogen-bond donors (Lipinski definition) is 2. The standard InChI is InChI=1S/C15H20N4O2/c1-3-12-10-14(19(2)18-12)15(20)17-7-8-21-13-6-4-5-11(16)9-13/h4-6,9-10H,3,7-8,16H2,1-2H3,(H,17,20). The molecule has 21 heavy (non-hydrogen) atoms. The molecular weight excluding hydrogens is 268 g/mol. The van der Waals surface area contributed by atoms with E-state index in [0.29, 0.717) is 30.3 Å². The molecule has 112 valence electrons. The summed E-state index contributed by atoms with van der Waals surface area (Å²) in [7, 11) is 1.76. The van der Waals surface area contributed by atoms with Gasteiger partial charge in [-0.3, -0.25) is 9.48 Å². The summed E-state index contributed by atoms with van der Waals surface area (Å²) in [5.74, 6) is 0.541. The normalized spacial score (nSPS) is 10.4. The first-order valence-corrected chi connectivity index (χ1v) is 6.89. The van der Waals surface area contributed by atoms with Gasteiger partial charge in [0.25, 0.3) is 5.91 Å². The van der Waals surface area contributed by atoms with Crippen LogP contribution in [0.5, 0.6) is 5.75 Å². The van der Waals surface area contributed by atoms with E-state index < -0.39 is 0 Å². The molecule has 0 aliphatic heterocycles. The summed E-state index contributed by atoms with van der Waals surface area (Å²) in [6.07, 6.45) is 0.805. The molecule has 6 nitrogen and oxygen atoms in total. The van der Waals surface area contributed by atoms with Crippen molar-refractivity contribution in [3.05, 3.63) is 41.7 Å². The Balaban J connectivity index is 1.80. The summed E-state index contributed by atoms with van der Waals surface area (Å²) in [6, 6.07) is 8.99. The Morgan fingerprint density at radius 2 is 2.24 bits per heavy atom. The first-order chi connectivity index (χ1) is 10.1. The van der Waals surface area contributed by atoms with Gasteiger partial charge in [0.15, 0.2) is 0 Å². The van der Waals surface area contributed by atoms with Crippen molar-refractivity contribution in [2.24, 2.45) is 7.05 Å². The number of nitrogens with one attached hydrogen (secondary N) is 1. The maximum Gasteiger partial charge on any atom is 0.269 e. The van der Waals surface area contributed by atoms with Gasteiger partial charge in [0, 0.05) is 18.8 Å². The molecule has 0 fully saturated rings. The third-order valence-corrected chi connectivity index (χ3v) is 3.04. The van der Waals surface area contributed by atoms with Gasteiger partial charge >= 0.3 is 0 Å². The van der Waals surface area contributed by atoms with Crippen LogP contribution in [-0.2, 0) is 13.5 Å². The van der Waals surface area contributed by atoms with Crippen molar-refractivity contribution in [1.82, 2.24) is 15.1 Å². The quantitative estimate of drug-likeness (QED) is 0.621. The summed E-state index contributed by atoms with van der Waals surface area (Å²) in [6.45, 7) is 2.80. The van der Waals surface area contributed by atoms with E-state index in [1.165, 1.54) is 0 Å². The number of nitrogens with two attached hydrogens (primary N) is 1. The van der Waals surface area contributed by atoms with Gasteiger partial charge in [-0.15, -0.1) is 0 Å². The molecule has 1 amide bonds. The zero-order valence-electron chi connectivity index (χ0n) is 12.3. The monoisotopic (exact) mass is 288 g/mol. The highest BCUT2D eigenvalue weighted by atomic mass is 16.5. The second kappa shape index (κ2) is 6.78. The number of nitrogens with zero attached hydrogens (tertiary/aromatic N) is 2. The summed E-state index contributed by atoms with van der Waals surface area (Å²) >= 11 is 0. The van der Waals surface area contributed by atoms with E-state index in [9.17, 15) is 4.79 Å². The molecule has 0 aliphatic rings. The number of rotatable bonds is 6. The lowest BCUT2D eigenvalue weighted by Crippen LogP contribution is -2.29. The molecular formula is C15H20N4O2. The SMILES string of the molecule is CCc1cc(C(=O)NCCOc2cccc(N)c2)n(C)n1. The number of anilines is 1. The van der Waals surface area contributed by atoms with Gasteiger partial charge in [-0.1, -0.05) is 13.0 Å². The molecule has 2 rings (SSSR count). The highest BCUT2D eigenvalue weighted by Crippen LogP contribution is 2.13. The maximum atomic E-state index is 12.0. The molecule has 0 atom stereocenters. The fraction of sp³-hybridized carbons (Fsp3) is 0.333. The van der Waals surface area contributed by atoms with Crippen molar-refractivity contribution in [1.29, 1.82) is 0 Å². The van der Waals surface area contributed by atoms with Crippen LogP contribution in [0.15, 0.2) is 30.3 Å². The largest absolute Gasteiger partial charge is 0.492 e. The Morgan fingerprint density at radius 1 is 1.43 bits per heavy atom. The van der Waals surface area contributed by atoms with Crippen LogP contribution in [0, 0.1) is 0 Å². The smallest absolute Gasteiger partial charge is 0.269 e. The highest BCUT2D eigenvalue weighted by molar-refractivity contribution is 5.92. The van der Waals surface area contributed by atoms with Crippen LogP contribution in [-0.4, -0.2) is 28.8 Å². The molecule has 0 radical (unpaired) electrons. The molecule has 1 aromatic carbocycles. The van der Waals surface area contributed by atoms with Gasteiger partial charge in [-0.05, 0) is 24.6 Å². The van der Waals surface area contributed by atoms with Crippen LogP contribution in [0.3, 0.4) is 0 Å². The number of benzene rings is 1. The molecule has 1 aromatic heterocycles. The molecule has 3 N–H and O–H groups in total. The van der Waals surface area contributed by atoms with Crippen molar-refractivity contribution < 1.29 is 9.53 Å². The van der Waals surface area contributed by atoms with Crippen molar-refractivity contribution in [2.45, 2.75) is 13.3 Å². The van der Waals surface area contributed by atoms with Gasteiger partial charge in [0.1, 0.15) is 18.1 Å². The lowest BCUT2D eigenvalue weighted by atomic mass is 10.3. The number of aryl methyl sites for hydroxylation is 2. The van der Waals surface area contributed by atoms with Gasteiger partial charge in [0.2, 0.25) is 0 Å². The van der Waals surface area contributed by atoms with Crippen LogP contribution in [0.25, 0.3) is 0 Å². The minimum Gasteiger partial charge on any atom is -0.492 e. The predicted octanol–water partition coefficient (Wildman–Crippen LogP) is 1.37. The number of aromatic nitrogens is 2. The number of nitrogen functional groups attached to an aromatic ring is 1. The summed E-state index contributed by atoms with van der Waals surface area (Å²) < 4.78 is 7.10. The molecule has 0 bridgehead atoms. The van der Waals surface area contributed by atoms with Gasteiger partial charge in [-0.25, -0.2) is 0 Å². The highest BCUT2D eigenvalue weighted by Gasteiger charge is 2.11. The van der Waals surface area contributed by atoms with E-state index in [-0.39, 0.29) is 5.91 Å². The van der Waals surface area contributed by atoms with Crippen LogP contribution < -0.4 is 15.8 Å². The maximum absolute atomic E-state index is 12.0. The van der Waals surface area contributed by atoms with Crippen LogP contribution in [0.4, 0.5) is 5.69 Å². The number of carbonyl (C=O) groups is 1. The minimum absolute atomic E-state index is 0.152. The Bertz CT molecular complexity index is 622. The third kappa shape index (κ3) is 3.98. The number of carbonyl (C=O) groups excluding carboxylic acids is 1. The fourth-order valence-corrected chi connectivity index (χ4v) is 1.94. The van der Waals surface area contributed by atoms with E-state index in [1.54, 1.807) is 29.9 Å². The average molecular weight is 288 g/mol. The zero-order valence-corrected chi connectivity index (χ0v) is 12.3. The van der Waals surface area contributed by atoms with Crippen molar-refractivity contribution in [3.63, 3.8) is 0 Å². The predicted molar refractivity (Wildman–Crippen MR) is 81.3 cm³/mol. The molecule has 0 spiro atoms. The summed E-state index contributed by atoms with van der Waals surface area (Å²) in [5, 5.41) is 7.05.